The monoisotopic (exact) mass is 392 g/mol. The molecular weight excluding hydrogens is 376 g/mol. The Morgan fingerprint density at radius 2 is 2.19 bits per heavy atom. The maximum atomic E-state index is 12.4. The largest absolute Gasteiger partial charge is 0.462 e. The van der Waals surface area contributed by atoms with Crippen molar-refractivity contribution < 1.29 is 14.5 Å². The Morgan fingerprint density at radius 3 is 2.92 bits per heavy atom. The molecule has 0 unspecified atom stereocenters. The first-order valence-corrected chi connectivity index (χ1v) is 9.50. The summed E-state index contributed by atoms with van der Waals surface area (Å²) in [5, 5.41) is 11.7. The Balaban J connectivity index is 1.98. The van der Waals surface area contributed by atoms with E-state index in [0.29, 0.717) is 22.7 Å². The van der Waals surface area contributed by atoms with E-state index in [1.54, 1.807) is 13.0 Å². The number of halogens is 1. The van der Waals surface area contributed by atoms with Crippen molar-refractivity contribution in [3.8, 4) is 0 Å². The van der Waals surface area contributed by atoms with E-state index in [1.807, 2.05) is 0 Å². The van der Waals surface area contributed by atoms with Crippen LogP contribution in [-0.2, 0) is 17.6 Å². The zero-order valence-corrected chi connectivity index (χ0v) is 15.7. The van der Waals surface area contributed by atoms with Crippen LogP contribution in [0.5, 0.6) is 0 Å². The second-order valence-electron chi connectivity index (χ2n) is 5.84. The molecule has 0 spiro atoms. The Bertz CT molecular complexity index is 892. The van der Waals surface area contributed by atoms with E-state index in [4.69, 9.17) is 16.3 Å². The van der Waals surface area contributed by atoms with Crippen LogP contribution in [0, 0.1) is 10.1 Å². The summed E-state index contributed by atoms with van der Waals surface area (Å²) in [6.07, 6.45) is 5.45. The number of rotatable bonds is 5. The number of thiophene rings is 1. The highest BCUT2D eigenvalue weighted by Crippen LogP contribution is 2.40. The second kappa shape index (κ2) is 7.97. The third-order valence-corrected chi connectivity index (χ3v) is 5.65. The Labute approximate surface area is 159 Å². The standard InChI is InChI=1S/C18H17ClN2O4S/c1-2-25-18(22)16-12-5-3-4-6-15(12)26-17(16)20-10-11-7-8-13(19)14(9-11)21(23)24/h7-10H,2-6H2,1H3/b20-10+. The van der Waals surface area contributed by atoms with Crippen LogP contribution in [0.15, 0.2) is 23.2 Å². The van der Waals surface area contributed by atoms with Crippen molar-refractivity contribution in [1.82, 2.24) is 0 Å². The summed E-state index contributed by atoms with van der Waals surface area (Å²) in [6.45, 7) is 2.07. The van der Waals surface area contributed by atoms with Crippen molar-refractivity contribution in [2.75, 3.05) is 6.61 Å². The van der Waals surface area contributed by atoms with Crippen LogP contribution in [0.2, 0.25) is 5.02 Å². The summed E-state index contributed by atoms with van der Waals surface area (Å²) in [4.78, 5) is 28.5. The average Bonchev–Trinajstić information content (AvgIpc) is 2.99. The molecule has 26 heavy (non-hydrogen) atoms. The zero-order chi connectivity index (χ0) is 18.7. The van der Waals surface area contributed by atoms with E-state index < -0.39 is 4.92 Å². The number of nitrogens with zero attached hydrogens (tertiary/aromatic N) is 2. The molecule has 0 aliphatic heterocycles. The zero-order valence-electron chi connectivity index (χ0n) is 14.2. The van der Waals surface area contributed by atoms with Gasteiger partial charge in [0.05, 0.1) is 17.1 Å². The fourth-order valence-corrected chi connectivity index (χ4v) is 4.35. The minimum atomic E-state index is -0.534. The molecule has 0 amide bonds. The first-order valence-electron chi connectivity index (χ1n) is 8.31. The minimum absolute atomic E-state index is 0.0750. The van der Waals surface area contributed by atoms with Gasteiger partial charge in [0.25, 0.3) is 5.69 Å². The second-order valence-corrected chi connectivity index (χ2v) is 7.33. The summed E-state index contributed by atoms with van der Waals surface area (Å²) >= 11 is 7.32. The highest BCUT2D eigenvalue weighted by atomic mass is 35.5. The van der Waals surface area contributed by atoms with Crippen LogP contribution in [-0.4, -0.2) is 23.7 Å². The van der Waals surface area contributed by atoms with E-state index >= 15 is 0 Å². The summed E-state index contributed by atoms with van der Waals surface area (Å²) in [5.41, 5.74) is 1.94. The topological polar surface area (TPSA) is 81.8 Å². The third kappa shape index (κ3) is 3.78. The number of esters is 1. The molecular formula is C18H17ClN2O4S. The Kier molecular flexibility index (Phi) is 5.68. The third-order valence-electron chi connectivity index (χ3n) is 4.13. The Morgan fingerprint density at radius 1 is 1.42 bits per heavy atom. The van der Waals surface area contributed by atoms with Gasteiger partial charge in [0.2, 0.25) is 0 Å². The lowest BCUT2D eigenvalue weighted by atomic mass is 9.95. The van der Waals surface area contributed by atoms with E-state index in [2.05, 4.69) is 4.99 Å². The molecule has 0 saturated heterocycles. The van der Waals surface area contributed by atoms with Gasteiger partial charge in [0, 0.05) is 17.2 Å². The van der Waals surface area contributed by atoms with Crippen LogP contribution in [0.25, 0.3) is 0 Å². The highest BCUT2D eigenvalue weighted by molar-refractivity contribution is 7.16. The molecule has 1 aliphatic carbocycles. The van der Waals surface area contributed by atoms with Crippen LogP contribution in [0.3, 0.4) is 0 Å². The van der Waals surface area contributed by atoms with E-state index in [1.165, 1.54) is 34.6 Å². The molecule has 0 saturated carbocycles. The van der Waals surface area contributed by atoms with Gasteiger partial charge in [-0.3, -0.25) is 10.1 Å². The molecule has 1 heterocycles. The number of hydrogen-bond donors (Lipinski definition) is 0. The molecule has 0 radical (unpaired) electrons. The maximum absolute atomic E-state index is 12.4. The smallest absolute Gasteiger partial charge is 0.341 e. The summed E-state index contributed by atoms with van der Waals surface area (Å²) in [5.74, 6) is -0.360. The number of hydrogen-bond acceptors (Lipinski definition) is 6. The SMILES string of the molecule is CCOC(=O)c1c(/N=C/c2ccc(Cl)c([N+](=O)[O-])c2)sc2c1CCCC2. The van der Waals surface area contributed by atoms with Gasteiger partial charge >= 0.3 is 5.97 Å². The van der Waals surface area contributed by atoms with Crippen molar-refractivity contribution in [1.29, 1.82) is 0 Å². The summed E-state index contributed by atoms with van der Waals surface area (Å²) < 4.78 is 5.20. The maximum Gasteiger partial charge on any atom is 0.341 e. The Hall–Kier alpha value is -2.25. The van der Waals surface area contributed by atoms with E-state index in [-0.39, 0.29) is 16.7 Å². The van der Waals surface area contributed by atoms with Crippen molar-refractivity contribution in [2.45, 2.75) is 32.6 Å². The lowest BCUT2D eigenvalue weighted by molar-refractivity contribution is -0.384. The molecule has 0 N–H and O–H groups in total. The van der Waals surface area contributed by atoms with E-state index in [9.17, 15) is 14.9 Å². The number of carbonyl (C=O) groups excluding carboxylic acids is 1. The van der Waals surface area contributed by atoms with Crippen molar-refractivity contribution in [2.24, 2.45) is 4.99 Å². The van der Waals surface area contributed by atoms with Crippen LogP contribution >= 0.6 is 22.9 Å². The van der Waals surface area contributed by atoms with Crippen LogP contribution in [0.1, 0.15) is 46.1 Å². The van der Waals surface area contributed by atoms with Crippen LogP contribution in [0.4, 0.5) is 10.7 Å². The molecule has 8 heteroatoms. The predicted molar refractivity (Wildman–Crippen MR) is 102 cm³/mol. The molecule has 0 bridgehead atoms. The quantitative estimate of drug-likeness (QED) is 0.306. The van der Waals surface area contributed by atoms with Gasteiger partial charge in [0.15, 0.2) is 0 Å². The normalized spacial score (nSPS) is 13.6. The molecule has 6 nitrogen and oxygen atoms in total. The van der Waals surface area contributed by atoms with Gasteiger partial charge in [-0.25, -0.2) is 9.79 Å². The number of aryl methyl sites for hydroxylation is 1. The summed E-state index contributed by atoms with van der Waals surface area (Å²) in [7, 11) is 0. The lowest BCUT2D eigenvalue weighted by Crippen LogP contribution is -2.09. The molecule has 1 aromatic heterocycles. The summed E-state index contributed by atoms with van der Waals surface area (Å²) in [6, 6.07) is 4.48. The number of benzene rings is 1. The molecule has 1 aliphatic rings. The van der Waals surface area contributed by atoms with Crippen molar-refractivity contribution in [3.63, 3.8) is 0 Å². The van der Waals surface area contributed by atoms with Gasteiger partial charge < -0.3 is 4.74 Å². The molecule has 2 aromatic rings. The number of nitro benzene ring substituents is 1. The minimum Gasteiger partial charge on any atom is -0.462 e. The fourth-order valence-electron chi connectivity index (χ4n) is 2.94. The average molecular weight is 393 g/mol. The molecule has 136 valence electrons. The number of fused-ring (bicyclic) bond motifs is 1. The lowest BCUT2D eigenvalue weighted by Gasteiger charge is -2.11. The number of carbonyl (C=O) groups is 1. The molecule has 0 atom stereocenters. The van der Waals surface area contributed by atoms with Gasteiger partial charge in [-0.05, 0) is 49.8 Å². The first-order chi connectivity index (χ1) is 12.5. The molecule has 1 aromatic carbocycles. The fraction of sp³-hybridized carbons (Fsp3) is 0.333. The van der Waals surface area contributed by atoms with Crippen molar-refractivity contribution in [3.05, 3.63) is 54.9 Å². The number of aliphatic imine (C=N–C) groups is 1. The van der Waals surface area contributed by atoms with Gasteiger partial charge in [-0.2, -0.15) is 0 Å². The van der Waals surface area contributed by atoms with Crippen molar-refractivity contribution >= 4 is 45.8 Å². The number of nitro groups is 1. The van der Waals surface area contributed by atoms with Gasteiger partial charge in [0.1, 0.15) is 10.0 Å². The molecule has 3 rings (SSSR count). The van der Waals surface area contributed by atoms with E-state index in [0.717, 1.165) is 31.2 Å². The first kappa shape index (κ1) is 18.5. The number of ether oxygens (including phenoxy) is 1. The highest BCUT2D eigenvalue weighted by Gasteiger charge is 2.26. The predicted octanol–water partition coefficient (Wildman–Crippen LogP) is 5.12. The van der Waals surface area contributed by atoms with Gasteiger partial charge in [-0.15, -0.1) is 11.3 Å². The van der Waals surface area contributed by atoms with Crippen LogP contribution < -0.4 is 0 Å². The molecule has 0 fully saturated rings. The van der Waals surface area contributed by atoms with Gasteiger partial charge in [-0.1, -0.05) is 17.7 Å².